The van der Waals surface area contributed by atoms with E-state index in [2.05, 4.69) is 21.3 Å². The molecule has 10 heteroatoms. The van der Waals surface area contributed by atoms with Crippen LogP contribution in [-0.2, 0) is 25.6 Å². The molecule has 1 aliphatic heterocycles. The highest BCUT2D eigenvalue weighted by Gasteiger charge is 2.31. The van der Waals surface area contributed by atoms with Gasteiger partial charge in [0.15, 0.2) is 0 Å². The number of benzene rings is 2. The number of allylic oxidation sites excluding steroid dienone is 1. The van der Waals surface area contributed by atoms with Crippen LogP contribution in [0, 0.1) is 11.8 Å². The van der Waals surface area contributed by atoms with Crippen molar-refractivity contribution in [2.24, 2.45) is 11.8 Å². The summed E-state index contributed by atoms with van der Waals surface area (Å²) in [5.41, 5.74) is 0.792. The molecule has 4 atom stereocenters. The Balaban J connectivity index is 1.78. The number of rotatable bonds is 13. The van der Waals surface area contributed by atoms with E-state index in [1.165, 1.54) is 12.2 Å². The summed E-state index contributed by atoms with van der Waals surface area (Å²) >= 11 is 0. The summed E-state index contributed by atoms with van der Waals surface area (Å²) in [6.45, 7) is 4.37. The van der Waals surface area contributed by atoms with Gasteiger partial charge in [0.25, 0.3) is 0 Å². The number of aldehydes is 1. The molecule has 1 heterocycles. The zero-order valence-electron chi connectivity index (χ0n) is 22.2. The van der Waals surface area contributed by atoms with Crippen molar-refractivity contribution in [3.63, 3.8) is 0 Å². The van der Waals surface area contributed by atoms with E-state index in [-0.39, 0.29) is 24.2 Å². The highest BCUT2D eigenvalue weighted by atomic mass is 16.4. The van der Waals surface area contributed by atoms with Crippen molar-refractivity contribution in [1.82, 2.24) is 21.3 Å². The summed E-state index contributed by atoms with van der Waals surface area (Å²) in [6, 6.07) is 10.6. The molecule has 5 N–H and O–H groups in total. The van der Waals surface area contributed by atoms with Gasteiger partial charge >= 0.3 is 6.09 Å². The fourth-order valence-electron chi connectivity index (χ4n) is 4.85. The Morgan fingerprint density at radius 2 is 1.74 bits per heavy atom. The van der Waals surface area contributed by atoms with Crippen molar-refractivity contribution in [2.45, 2.75) is 57.7 Å². The second-order valence-electron chi connectivity index (χ2n) is 10.2. The van der Waals surface area contributed by atoms with Gasteiger partial charge in [-0.05, 0) is 47.6 Å². The SMILES string of the molecule is CC(C)CC(NC(=O)C(Cc1cccc2ccccc12)NC(=O)O)C(=O)NC(/C=C/C=O)CC1CCNC1=O. The van der Waals surface area contributed by atoms with E-state index >= 15 is 0 Å². The van der Waals surface area contributed by atoms with E-state index in [0.29, 0.717) is 32.1 Å². The molecule has 39 heavy (non-hydrogen) atoms. The molecule has 0 saturated carbocycles. The van der Waals surface area contributed by atoms with Gasteiger partial charge in [0.05, 0.1) is 0 Å². The van der Waals surface area contributed by atoms with Crippen molar-refractivity contribution in [3.8, 4) is 0 Å². The maximum absolute atomic E-state index is 13.4. The normalized spacial score (nSPS) is 17.4. The Hall–Kier alpha value is -4.21. The smallest absolute Gasteiger partial charge is 0.405 e. The molecular formula is C29H36N4O6. The minimum Gasteiger partial charge on any atom is -0.465 e. The molecule has 4 amide bonds. The van der Waals surface area contributed by atoms with Gasteiger partial charge in [0.1, 0.15) is 18.4 Å². The van der Waals surface area contributed by atoms with Gasteiger partial charge in [-0.15, -0.1) is 0 Å². The summed E-state index contributed by atoms with van der Waals surface area (Å²) < 4.78 is 0. The summed E-state index contributed by atoms with van der Waals surface area (Å²) in [4.78, 5) is 61.2. The Labute approximate surface area is 227 Å². The van der Waals surface area contributed by atoms with Crippen LogP contribution in [-0.4, -0.2) is 59.9 Å². The van der Waals surface area contributed by atoms with Crippen molar-refractivity contribution in [3.05, 3.63) is 60.2 Å². The molecule has 0 spiro atoms. The molecule has 1 aliphatic rings. The van der Waals surface area contributed by atoms with Crippen LogP contribution < -0.4 is 21.3 Å². The fourth-order valence-corrected chi connectivity index (χ4v) is 4.85. The number of carbonyl (C=O) groups excluding carboxylic acids is 4. The van der Waals surface area contributed by atoms with E-state index in [4.69, 9.17) is 0 Å². The molecule has 0 radical (unpaired) electrons. The molecule has 1 fully saturated rings. The van der Waals surface area contributed by atoms with E-state index in [1.807, 2.05) is 56.3 Å². The molecule has 1 saturated heterocycles. The second-order valence-corrected chi connectivity index (χ2v) is 10.2. The Morgan fingerprint density at radius 1 is 1.03 bits per heavy atom. The number of hydrogen-bond donors (Lipinski definition) is 5. The molecule has 0 bridgehead atoms. The van der Waals surface area contributed by atoms with Crippen LogP contribution in [0.15, 0.2) is 54.6 Å². The van der Waals surface area contributed by atoms with Crippen LogP contribution in [0.4, 0.5) is 4.79 Å². The van der Waals surface area contributed by atoms with E-state index in [9.17, 15) is 29.1 Å². The predicted octanol–water partition coefficient (Wildman–Crippen LogP) is 2.32. The maximum atomic E-state index is 13.4. The van der Waals surface area contributed by atoms with Gasteiger partial charge in [-0.25, -0.2) is 4.79 Å². The van der Waals surface area contributed by atoms with Crippen LogP contribution >= 0.6 is 0 Å². The molecule has 3 rings (SSSR count). The minimum absolute atomic E-state index is 0.0366. The van der Waals surface area contributed by atoms with Gasteiger partial charge in [-0.2, -0.15) is 0 Å². The van der Waals surface area contributed by atoms with Crippen molar-refractivity contribution in [1.29, 1.82) is 0 Å². The highest BCUT2D eigenvalue weighted by Crippen LogP contribution is 2.20. The van der Waals surface area contributed by atoms with Crippen LogP contribution in [0.2, 0.25) is 0 Å². The lowest BCUT2D eigenvalue weighted by atomic mass is 9.96. The number of nitrogens with one attached hydrogen (secondary N) is 4. The predicted molar refractivity (Wildman–Crippen MR) is 147 cm³/mol. The average molecular weight is 537 g/mol. The Morgan fingerprint density at radius 3 is 2.41 bits per heavy atom. The summed E-state index contributed by atoms with van der Waals surface area (Å²) in [5, 5.41) is 21.9. The lowest BCUT2D eigenvalue weighted by molar-refractivity contribution is -0.130. The largest absolute Gasteiger partial charge is 0.465 e. The highest BCUT2D eigenvalue weighted by molar-refractivity contribution is 5.92. The van der Waals surface area contributed by atoms with E-state index in [0.717, 1.165) is 16.3 Å². The lowest BCUT2D eigenvalue weighted by Crippen LogP contribution is -2.55. The van der Waals surface area contributed by atoms with Crippen LogP contribution in [0.5, 0.6) is 0 Å². The van der Waals surface area contributed by atoms with Crippen LogP contribution in [0.1, 0.15) is 38.7 Å². The molecule has 4 unspecified atom stereocenters. The Kier molecular flexibility index (Phi) is 10.6. The zero-order chi connectivity index (χ0) is 28.4. The summed E-state index contributed by atoms with van der Waals surface area (Å²) in [5.74, 6) is -1.46. The molecule has 10 nitrogen and oxygen atoms in total. The van der Waals surface area contributed by atoms with Gasteiger partial charge in [-0.1, -0.05) is 62.4 Å². The molecule has 0 aliphatic carbocycles. The van der Waals surface area contributed by atoms with Crippen molar-refractivity contribution in [2.75, 3.05) is 6.54 Å². The lowest BCUT2D eigenvalue weighted by Gasteiger charge is -2.26. The standard InChI is InChI=1S/C29H36N4O6/c1-18(2)15-24(27(36)31-22(10-6-14-34)16-21-12-13-30-26(21)35)32-28(37)25(33-29(38)39)17-20-9-5-8-19-7-3-4-11-23(19)20/h3-11,14,18,21-22,24-25,33H,12-13,15-17H2,1-2H3,(H,30,35)(H,31,36)(H,32,37)(H,38,39)/b10-6+. The molecule has 2 aromatic rings. The van der Waals surface area contributed by atoms with Crippen LogP contribution in [0.25, 0.3) is 10.8 Å². The first-order chi connectivity index (χ1) is 18.7. The average Bonchev–Trinajstić information content (AvgIpc) is 3.30. The van der Waals surface area contributed by atoms with Gasteiger partial charge in [-0.3, -0.25) is 19.2 Å². The third-order valence-corrected chi connectivity index (χ3v) is 6.71. The Bertz CT molecular complexity index is 1220. The van der Waals surface area contributed by atoms with Crippen LogP contribution in [0.3, 0.4) is 0 Å². The molecule has 2 aromatic carbocycles. The molecular weight excluding hydrogens is 500 g/mol. The third-order valence-electron chi connectivity index (χ3n) is 6.71. The topological polar surface area (TPSA) is 154 Å². The first kappa shape index (κ1) is 29.3. The van der Waals surface area contributed by atoms with Crippen molar-refractivity contribution >= 4 is 40.9 Å². The molecule has 208 valence electrons. The van der Waals surface area contributed by atoms with Crippen molar-refractivity contribution < 1.29 is 29.1 Å². The van der Waals surface area contributed by atoms with E-state index < -0.39 is 36.0 Å². The van der Waals surface area contributed by atoms with Gasteiger partial charge in [0.2, 0.25) is 17.7 Å². The maximum Gasteiger partial charge on any atom is 0.405 e. The zero-order valence-corrected chi connectivity index (χ0v) is 22.2. The second kappa shape index (κ2) is 14.1. The summed E-state index contributed by atoms with van der Waals surface area (Å²) in [6.07, 6.45) is 3.38. The first-order valence-corrected chi connectivity index (χ1v) is 13.1. The number of carboxylic acid groups (broad SMARTS) is 1. The van der Waals surface area contributed by atoms with E-state index in [1.54, 1.807) is 0 Å². The molecule has 0 aromatic heterocycles. The number of fused-ring (bicyclic) bond motifs is 1. The number of amides is 4. The summed E-state index contributed by atoms with van der Waals surface area (Å²) in [7, 11) is 0. The third kappa shape index (κ3) is 8.66. The minimum atomic E-state index is -1.35. The first-order valence-electron chi connectivity index (χ1n) is 13.1. The van der Waals surface area contributed by atoms with Gasteiger partial charge < -0.3 is 26.4 Å². The van der Waals surface area contributed by atoms with Gasteiger partial charge in [0, 0.05) is 24.9 Å². The quantitative estimate of drug-likeness (QED) is 0.196. The monoisotopic (exact) mass is 536 g/mol. The fraction of sp³-hybridized carbons (Fsp3) is 0.414. The number of carbonyl (C=O) groups is 5. The number of hydrogen-bond acceptors (Lipinski definition) is 5.